The summed E-state index contributed by atoms with van der Waals surface area (Å²) in [5, 5.41) is 3.23. The van der Waals surface area contributed by atoms with E-state index in [1.807, 2.05) is 4.90 Å². The predicted molar refractivity (Wildman–Crippen MR) is 46.0 cm³/mol. The van der Waals surface area contributed by atoms with Crippen LogP contribution in [0.3, 0.4) is 0 Å². The van der Waals surface area contributed by atoms with E-state index in [9.17, 15) is 4.39 Å². The lowest BCUT2D eigenvalue weighted by Crippen LogP contribution is -2.40. The molecular weight excluding hydrogens is 157 g/mol. The van der Waals surface area contributed by atoms with E-state index < -0.39 is 6.17 Å². The van der Waals surface area contributed by atoms with Gasteiger partial charge in [0.25, 0.3) is 0 Å². The Hall–Kier alpha value is -0.800. The molecule has 1 fully saturated rings. The van der Waals surface area contributed by atoms with Gasteiger partial charge in [0.05, 0.1) is 13.1 Å². The van der Waals surface area contributed by atoms with Crippen molar-refractivity contribution in [2.45, 2.75) is 25.6 Å². The smallest absolute Gasteiger partial charge is 0.194 e. The molecule has 0 radical (unpaired) electrons. The van der Waals surface area contributed by atoms with Gasteiger partial charge in [-0.15, -0.1) is 0 Å². The number of guanidine groups is 1. The Morgan fingerprint density at radius 1 is 1.67 bits per heavy atom. The van der Waals surface area contributed by atoms with E-state index in [0.29, 0.717) is 19.0 Å². The zero-order valence-corrected chi connectivity index (χ0v) is 7.26. The molecule has 1 saturated heterocycles. The van der Waals surface area contributed by atoms with Crippen LogP contribution in [-0.4, -0.2) is 42.7 Å². The molecule has 2 aliphatic rings. The van der Waals surface area contributed by atoms with Crippen LogP contribution in [0.1, 0.15) is 13.3 Å². The van der Waals surface area contributed by atoms with E-state index >= 15 is 0 Å². The fourth-order valence-electron chi connectivity index (χ4n) is 1.64. The van der Waals surface area contributed by atoms with Crippen molar-refractivity contribution < 1.29 is 4.39 Å². The Labute approximate surface area is 71.7 Å². The normalized spacial score (nSPS) is 35.2. The summed E-state index contributed by atoms with van der Waals surface area (Å²) >= 11 is 0. The molecule has 2 heterocycles. The van der Waals surface area contributed by atoms with Gasteiger partial charge in [0.2, 0.25) is 0 Å². The molecule has 4 heteroatoms. The number of nitrogens with one attached hydrogen (secondary N) is 1. The average molecular weight is 171 g/mol. The molecule has 0 amide bonds. The van der Waals surface area contributed by atoms with Gasteiger partial charge in [0, 0.05) is 12.6 Å². The van der Waals surface area contributed by atoms with Crippen molar-refractivity contribution in [2.24, 2.45) is 4.99 Å². The Morgan fingerprint density at radius 3 is 3.00 bits per heavy atom. The fourth-order valence-corrected chi connectivity index (χ4v) is 1.64. The van der Waals surface area contributed by atoms with E-state index in [2.05, 4.69) is 17.2 Å². The van der Waals surface area contributed by atoms with Gasteiger partial charge in [0.1, 0.15) is 6.17 Å². The van der Waals surface area contributed by atoms with Crippen LogP contribution in [0.2, 0.25) is 0 Å². The first-order chi connectivity index (χ1) is 5.75. The number of hydrogen-bond acceptors (Lipinski definition) is 3. The maximum absolute atomic E-state index is 12.8. The zero-order chi connectivity index (χ0) is 8.55. The second-order valence-corrected chi connectivity index (χ2v) is 3.54. The molecule has 0 aromatic rings. The van der Waals surface area contributed by atoms with Gasteiger partial charge in [0.15, 0.2) is 5.96 Å². The molecule has 68 valence electrons. The van der Waals surface area contributed by atoms with E-state index in [0.717, 1.165) is 19.0 Å². The number of rotatable bonds is 0. The Kier molecular flexibility index (Phi) is 1.90. The zero-order valence-electron chi connectivity index (χ0n) is 7.26. The van der Waals surface area contributed by atoms with Crippen molar-refractivity contribution in [1.82, 2.24) is 10.2 Å². The lowest BCUT2D eigenvalue weighted by molar-refractivity contribution is 0.340. The van der Waals surface area contributed by atoms with Crippen molar-refractivity contribution in [1.29, 1.82) is 0 Å². The molecule has 2 aliphatic heterocycles. The van der Waals surface area contributed by atoms with Crippen molar-refractivity contribution in [3.8, 4) is 0 Å². The van der Waals surface area contributed by atoms with Crippen molar-refractivity contribution >= 4 is 5.96 Å². The summed E-state index contributed by atoms with van der Waals surface area (Å²) in [7, 11) is 0. The molecule has 0 aromatic heterocycles. The minimum atomic E-state index is -0.662. The Balaban J connectivity index is 1.93. The van der Waals surface area contributed by atoms with E-state index in [-0.39, 0.29) is 0 Å². The van der Waals surface area contributed by atoms with Gasteiger partial charge in [-0.2, -0.15) is 0 Å². The number of halogens is 1. The first-order valence-electron chi connectivity index (χ1n) is 4.45. The highest BCUT2D eigenvalue weighted by Crippen LogP contribution is 2.13. The third-order valence-electron chi connectivity index (χ3n) is 2.32. The van der Waals surface area contributed by atoms with Crippen molar-refractivity contribution in [3.05, 3.63) is 0 Å². The van der Waals surface area contributed by atoms with Crippen LogP contribution < -0.4 is 5.32 Å². The topological polar surface area (TPSA) is 27.6 Å². The Bertz CT molecular complexity index is 204. The number of nitrogens with zero attached hydrogens (tertiary/aromatic N) is 2. The summed E-state index contributed by atoms with van der Waals surface area (Å²) < 4.78 is 12.8. The van der Waals surface area contributed by atoms with Crippen LogP contribution in [-0.2, 0) is 0 Å². The summed E-state index contributed by atoms with van der Waals surface area (Å²) in [6, 6.07) is 0.415. The van der Waals surface area contributed by atoms with Crippen LogP contribution in [0.25, 0.3) is 0 Å². The standard InChI is InChI=1S/C8H14FN3/c1-6-4-10-8(11-6)12-3-2-7(9)5-12/h6-7H,2-5H2,1H3,(H,10,11). The second-order valence-electron chi connectivity index (χ2n) is 3.54. The molecule has 0 bridgehead atoms. The molecule has 2 atom stereocenters. The monoisotopic (exact) mass is 171 g/mol. The molecular formula is C8H14FN3. The summed E-state index contributed by atoms with van der Waals surface area (Å²) in [5.74, 6) is 0.891. The quantitative estimate of drug-likeness (QED) is 0.570. The Morgan fingerprint density at radius 2 is 2.50 bits per heavy atom. The second kappa shape index (κ2) is 2.92. The van der Waals surface area contributed by atoms with Gasteiger partial charge in [-0.25, -0.2) is 4.39 Å². The molecule has 0 aliphatic carbocycles. The van der Waals surface area contributed by atoms with E-state index in [1.54, 1.807) is 0 Å². The number of alkyl halides is 1. The van der Waals surface area contributed by atoms with Crippen LogP contribution >= 0.6 is 0 Å². The van der Waals surface area contributed by atoms with Crippen molar-refractivity contribution in [2.75, 3.05) is 19.6 Å². The molecule has 2 rings (SSSR count). The first kappa shape index (κ1) is 7.83. The number of aliphatic imine (C=N–C) groups is 1. The highest BCUT2D eigenvalue weighted by Gasteiger charge is 2.27. The van der Waals surface area contributed by atoms with E-state index in [4.69, 9.17) is 0 Å². The lowest BCUT2D eigenvalue weighted by Gasteiger charge is -2.17. The summed E-state index contributed by atoms with van der Waals surface area (Å²) in [6.07, 6.45) is -0.0138. The third kappa shape index (κ3) is 1.38. The minimum absolute atomic E-state index is 0.415. The molecule has 1 N–H and O–H groups in total. The average Bonchev–Trinajstić information content (AvgIpc) is 2.58. The number of hydrogen-bond donors (Lipinski definition) is 1. The van der Waals surface area contributed by atoms with Gasteiger partial charge in [-0.05, 0) is 13.3 Å². The van der Waals surface area contributed by atoms with Gasteiger partial charge in [-0.3, -0.25) is 4.99 Å². The molecule has 0 saturated carbocycles. The minimum Gasteiger partial charge on any atom is -0.352 e. The maximum atomic E-state index is 12.8. The molecule has 0 spiro atoms. The fraction of sp³-hybridized carbons (Fsp3) is 0.875. The summed E-state index contributed by atoms with van der Waals surface area (Å²) in [5.41, 5.74) is 0. The van der Waals surface area contributed by atoms with Crippen LogP contribution in [0.4, 0.5) is 4.39 Å². The highest BCUT2D eigenvalue weighted by atomic mass is 19.1. The maximum Gasteiger partial charge on any atom is 0.194 e. The van der Waals surface area contributed by atoms with Crippen LogP contribution in [0.5, 0.6) is 0 Å². The van der Waals surface area contributed by atoms with Crippen LogP contribution in [0, 0.1) is 0 Å². The molecule has 12 heavy (non-hydrogen) atoms. The molecule has 2 unspecified atom stereocenters. The van der Waals surface area contributed by atoms with Crippen LogP contribution in [0.15, 0.2) is 4.99 Å². The SMILES string of the molecule is CC1CN=C(N2CCC(F)C2)N1. The highest BCUT2D eigenvalue weighted by molar-refractivity contribution is 5.82. The predicted octanol–water partition coefficient (Wildman–Crippen LogP) is 0.378. The van der Waals surface area contributed by atoms with Crippen molar-refractivity contribution in [3.63, 3.8) is 0 Å². The van der Waals surface area contributed by atoms with Gasteiger partial charge in [-0.1, -0.05) is 0 Å². The third-order valence-corrected chi connectivity index (χ3v) is 2.32. The van der Waals surface area contributed by atoms with Gasteiger partial charge >= 0.3 is 0 Å². The molecule has 3 nitrogen and oxygen atoms in total. The summed E-state index contributed by atoms with van der Waals surface area (Å²) in [4.78, 5) is 6.29. The first-order valence-corrected chi connectivity index (χ1v) is 4.45. The largest absolute Gasteiger partial charge is 0.352 e. The van der Waals surface area contributed by atoms with Gasteiger partial charge < -0.3 is 10.2 Å². The molecule has 0 aromatic carbocycles. The number of likely N-dealkylation sites (tertiary alicyclic amines) is 1. The lowest BCUT2D eigenvalue weighted by atomic mass is 10.3. The summed E-state index contributed by atoms with van der Waals surface area (Å²) in [6.45, 7) is 4.22. The van der Waals surface area contributed by atoms with E-state index in [1.165, 1.54) is 0 Å².